The summed E-state index contributed by atoms with van der Waals surface area (Å²) >= 11 is 0.156. The fourth-order valence-corrected chi connectivity index (χ4v) is 4.36. The molecule has 1 aliphatic heterocycles. The number of aromatic nitrogens is 1. The molecule has 2 N–H and O–H groups in total. The van der Waals surface area contributed by atoms with Crippen molar-refractivity contribution in [3.05, 3.63) is 53.3 Å². The monoisotopic (exact) mass is 378 g/mol. The van der Waals surface area contributed by atoms with Crippen LogP contribution in [0.25, 0.3) is 0 Å². The van der Waals surface area contributed by atoms with Gasteiger partial charge < -0.3 is 0 Å². The molecule has 0 bridgehead atoms. The summed E-state index contributed by atoms with van der Waals surface area (Å²) in [4.78, 5) is 16.6. The van der Waals surface area contributed by atoms with Gasteiger partial charge in [0.1, 0.15) is 0 Å². The van der Waals surface area contributed by atoms with Gasteiger partial charge in [-0.05, 0) is 0 Å². The van der Waals surface area contributed by atoms with E-state index in [1.165, 1.54) is 4.46 Å². The zero-order valence-electron chi connectivity index (χ0n) is 12.8. The standard InChI is InChI=1S/C17H18N2O3Se/c1-11-16-14(12(9-20)7-18-11)8-19-17(21)15(22-16)10-23-13-5-3-2-4-6-13/h2-7,15,20H,8-10H2,1H3,(H,19,21). The van der Waals surface area contributed by atoms with Crippen molar-refractivity contribution < 1.29 is 14.6 Å². The zero-order valence-corrected chi connectivity index (χ0v) is 14.5. The molecular weight excluding hydrogens is 359 g/mol. The Morgan fingerprint density at radius 2 is 2.17 bits per heavy atom. The molecule has 1 aromatic heterocycles. The summed E-state index contributed by atoms with van der Waals surface area (Å²) in [6.07, 6.45) is 1.11. The summed E-state index contributed by atoms with van der Waals surface area (Å²) in [6, 6.07) is 10.1. The van der Waals surface area contributed by atoms with Crippen molar-refractivity contribution in [1.82, 2.24) is 10.3 Å². The van der Waals surface area contributed by atoms with Crippen molar-refractivity contribution >= 4 is 25.3 Å². The third kappa shape index (κ3) is 3.55. The molecule has 2 aromatic rings. The number of fused-ring (bicyclic) bond motifs is 1. The summed E-state index contributed by atoms with van der Waals surface area (Å²) in [5.74, 6) is 0.519. The minimum absolute atomic E-state index is 0.109. The quantitative estimate of drug-likeness (QED) is 0.770. The van der Waals surface area contributed by atoms with E-state index in [1.54, 1.807) is 6.20 Å². The summed E-state index contributed by atoms with van der Waals surface area (Å²) in [5.41, 5.74) is 2.26. The van der Waals surface area contributed by atoms with E-state index in [0.29, 0.717) is 23.2 Å². The number of ether oxygens (including phenoxy) is 1. The molecule has 0 radical (unpaired) electrons. The van der Waals surface area contributed by atoms with Crippen LogP contribution in [0.2, 0.25) is 5.32 Å². The third-order valence-electron chi connectivity index (χ3n) is 3.71. The fraction of sp³-hybridized carbons (Fsp3) is 0.294. The summed E-state index contributed by atoms with van der Waals surface area (Å²) in [5, 5.41) is 13.0. The van der Waals surface area contributed by atoms with E-state index in [4.69, 9.17) is 4.74 Å². The van der Waals surface area contributed by atoms with E-state index >= 15 is 0 Å². The van der Waals surface area contributed by atoms with Crippen molar-refractivity contribution in [3.63, 3.8) is 0 Å². The number of benzene rings is 1. The number of carbonyl (C=O) groups is 1. The number of nitrogens with one attached hydrogen (secondary N) is 1. The van der Waals surface area contributed by atoms with Crippen LogP contribution >= 0.6 is 0 Å². The number of aryl methyl sites for hydroxylation is 1. The number of hydrogen-bond acceptors (Lipinski definition) is 4. The van der Waals surface area contributed by atoms with Crippen LogP contribution in [0.3, 0.4) is 0 Å². The number of aliphatic hydroxyl groups excluding tert-OH is 1. The van der Waals surface area contributed by atoms with Crippen molar-refractivity contribution in [2.24, 2.45) is 0 Å². The van der Waals surface area contributed by atoms with Crippen molar-refractivity contribution in [3.8, 4) is 5.75 Å². The van der Waals surface area contributed by atoms with Gasteiger partial charge in [-0.25, -0.2) is 0 Å². The Morgan fingerprint density at radius 1 is 1.39 bits per heavy atom. The number of nitrogens with zero attached hydrogens (tertiary/aromatic N) is 1. The predicted octanol–water partition coefficient (Wildman–Crippen LogP) is 0.708. The molecule has 1 atom stereocenters. The van der Waals surface area contributed by atoms with Crippen LogP contribution in [0.15, 0.2) is 36.5 Å². The maximum atomic E-state index is 12.3. The number of aliphatic hydroxyl groups is 1. The topological polar surface area (TPSA) is 71.5 Å². The first kappa shape index (κ1) is 16.0. The van der Waals surface area contributed by atoms with Crippen LogP contribution in [0.4, 0.5) is 0 Å². The van der Waals surface area contributed by atoms with Gasteiger partial charge in [-0.1, -0.05) is 0 Å². The molecular formula is C17H18N2O3Se. The Bertz CT molecular complexity index is 706. The second kappa shape index (κ2) is 7.13. The van der Waals surface area contributed by atoms with Gasteiger partial charge in [-0.15, -0.1) is 0 Å². The summed E-state index contributed by atoms with van der Waals surface area (Å²) < 4.78 is 7.23. The number of rotatable bonds is 4. The Labute approximate surface area is 141 Å². The van der Waals surface area contributed by atoms with Gasteiger partial charge in [0.2, 0.25) is 0 Å². The molecule has 1 amide bonds. The zero-order chi connectivity index (χ0) is 16.2. The van der Waals surface area contributed by atoms with Gasteiger partial charge in [0.25, 0.3) is 0 Å². The van der Waals surface area contributed by atoms with Crippen molar-refractivity contribution in [2.75, 3.05) is 0 Å². The SMILES string of the molecule is Cc1ncc(CO)c2c1OC(C[Se]c1ccccc1)C(=O)NC2. The minimum atomic E-state index is -0.522. The summed E-state index contributed by atoms with van der Waals surface area (Å²) in [6.45, 7) is 2.10. The first-order valence-electron chi connectivity index (χ1n) is 7.39. The van der Waals surface area contributed by atoms with E-state index in [-0.39, 0.29) is 27.5 Å². The molecule has 2 heterocycles. The average molecular weight is 377 g/mol. The van der Waals surface area contributed by atoms with E-state index in [0.717, 1.165) is 11.3 Å². The van der Waals surface area contributed by atoms with Crippen molar-refractivity contribution in [1.29, 1.82) is 0 Å². The maximum absolute atomic E-state index is 12.3. The van der Waals surface area contributed by atoms with Crippen molar-refractivity contribution in [2.45, 2.75) is 31.5 Å². The van der Waals surface area contributed by atoms with Gasteiger partial charge >= 0.3 is 141 Å². The summed E-state index contributed by atoms with van der Waals surface area (Å²) in [7, 11) is 0. The Morgan fingerprint density at radius 3 is 2.91 bits per heavy atom. The molecule has 1 aliphatic rings. The van der Waals surface area contributed by atoms with Crippen LogP contribution in [0, 0.1) is 6.92 Å². The van der Waals surface area contributed by atoms with E-state index in [2.05, 4.69) is 22.4 Å². The molecule has 1 unspecified atom stereocenters. The molecule has 0 spiro atoms. The molecule has 0 fully saturated rings. The molecule has 6 heteroatoms. The Kier molecular flexibility index (Phi) is 4.96. The molecule has 23 heavy (non-hydrogen) atoms. The van der Waals surface area contributed by atoms with Crippen LogP contribution in [0.1, 0.15) is 16.8 Å². The van der Waals surface area contributed by atoms with Crippen LogP contribution in [0.5, 0.6) is 5.75 Å². The Balaban J connectivity index is 1.81. The van der Waals surface area contributed by atoms with Gasteiger partial charge in [-0.2, -0.15) is 0 Å². The molecule has 1 aromatic carbocycles. The first-order valence-corrected chi connectivity index (χ1v) is 9.46. The number of pyridine rings is 1. The van der Waals surface area contributed by atoms with E-state index in [9.17, 15) is 9.90 Å². The number of amides is 1. The predicted molar refractivity (Wildman–Crippen MR) is 87.8 cm³/mol. The molecule has 3 rings (SSSR count). The molecule has 0 aliphatic carbocycles. The first-order chi connectivity index (χ1) is 11.2. The molecule has 5 nitrogen and oxygen atoms in total. The van der Waals surface area contributed by atoms with Crippen LogP contribution in [-0.4, -0.2) is 37.1 Å². The Hall–Kier alpha value is -1.88. The van der Waals surface area contributed by atoms with E-state index < -0.39 is 6.10 Å². The third-order valence-corrected chi connectivity index (χ3v) is 5.97. The van der Waals surface area contributed by atoms with Crippen LogP contribution < -0.4 is 14.5 Å². The van der Waals surface area contributed by atoms with E-state index in [1.807, 2.05) is 25.1 Å². The molecule has 120 valence electrons. The van der Waals surface area contributed by atoms with Crippen LogP contribution in [-0.2, 0) is 17.9 Å². The second-order valence-electron chi connectivity index (χ2n) is 5.28. The normalized spacial score (nSPS) is 17.0. The molecule has 0 saturated carbocycles. The number of hydrogen-bond donors (Lipinski definition) is 2. The van der Waals surface area contributed by atoms with Gasteiger partial charge in [0.15, 0.2) is 0 Å². The van der Waals surface area contributed by atoms with Gasteiger partial charge in [0.05, 0.1) is 0 Å². The van der Waals surface area contributed by atoms with Gasteiger partial charge in [-0.3, -0.25) is 0 Å². The second-order valence-corrected chi connectivity index (χ2v) is 7.58. The number of carbonyl (C=O) groups excluding carboxylic acids is 1. The average Bonchev–Trinajstić information content (AvgIpc) is 2.75. The van der Waals surface area contributed by atoms with Gasteiger partial charge in [0, 0.05) is 0 Å². The molecule has 0 saturated heterocycles. The fourth-order valence-electron chi connectivity index (χ4n) is 2.45.